The van der Waals surface area contributed by atoms with Gasteiger partial charge in [-0.2, -0.15) is 0 Å². The second-order valence-electron chi connectivity index (χ2n) is 5.83. The van der Waals surface area contributed by atoms with Crippen LogP contribution in [0.2, 0.25) is 0 Å². The van der Waals surface area contributed by atoms with Crippen molar-refractivity contribution in [2.45, 2.75) is 51.0 Å². The van der Waals surface area contributed by atoms with Crippen LogP contribution in [0.3, 0.4) is 0 Å². The van der Waals surface area contributed by atoms with E-state index in [-0.39, 0.29) is 6.10 Å². The summed E-state index contributed by atoms with van der Waals surface area (Å²) in [5.41, 5.74) is 2.93. The SMILES string of the molecule is OC(C1CCCCC1)C1Cc2ccccc2C1. The van der Waals surface area contributed by atoms with Crippen molar-refractivity contribution in [3.8, 4) is 0 Å². The summed E-state index contributed by atoms with van der Waals surface area (Å²) in [6, 6.07) is 8.69. The smallest absolute Gasteiger partial charge is 0.0602 e. The molecule has 0 saturated heterocycles. The third-order valence-electron chi connectivity index (χ3n) is 4.70. The largest absolute Gasteiger partial charge is 0.393 e. The Morgan fingerprint density at radius 3 is 2.06 bits per heavy atom. The van der Waals surface area contributed by atoms with E-state index in [0.29, 0.717) is 11.8 Å². The Kier molecular flexibility index (Phi) is 3.19. The average molecular weight is 230 g/mol. The van der Waals surface area contributed by atoms with Crippen molar-refractivity contribution in [3.05, 3.63) is 35.4 Å². The zero-order valence-electron chi connectivity index (χ0n) is 10.4. The molecule has 0 amide bonds. The van der Waals surface area contributed by atoms with Gasteiger partial charge < -0.3 is 5.11 Å². The predicted octanol–water partition coefficient (Wildman–Crippen LogP) is 3.34. The Labute approximate surface area is 104 Å². The number of fused-ring (bicyclic) bond motifs is 1. The highest BCUT2D eigenvalue weighted by atomic mass is 16.3. The maximum atomic E-state index is 10.5. The highest BCUT2D eigenvalue weighted by molar-refractivity contribution is 5.32. The van der Waals surface area contributed by atoms with E-state index in [1.165, 1.54) is 43.2 Å². The van der Waals surface area contributed by atoms with Crippen LogP contribution in [0.5, 0.6) is 0 Å². The van der Waals surface area contributed by atoms with Crippen LogP contribution in [0.1, 0.15) is 43.2 Å². The quantitative estimate of drug-likeness (QED) is 0.826. The molecular weight excluding hydrogens is 208 g/mol. The molecule has 1 aromatic carbocycles. The average Bonchev–Trinajstić information content (AvgIpc) is 2.82. The van der Waals surface area contributed by atoms with E-state index in [1.807, 2.05) is 0 Å². The molecule has 2 aliphatic rings. The van der Waals surface area contributed by atoms with Crippen molar-refractivity contribution in [2.75, 3.05) is 0 Å². The summed E-state index contributed by atoms with van der Waals surface area (Å²) in [6.07, 6.45) is 8.61. The fourth-order valence-electron chi connectivity index (χ4n) is 3.69. The summed E-state index contributed by atoms with van der Waals surface area (Å²) in [6.45, 7) is 0. The Morgan fingerprint density at radius 2 is 1.47 bits per heavy atom. The first kappa shape index (κ1) is 11.3. The van der Waals surface area contributed by atoms with Gasteiger partial charge in [0.05, 0.1) is 6.10 Å². The van der Waals surface area contributed by atoms with Crippen LogP contribution in [-0.2, 0) is 12.8 Å². The minimum Gasteiger partial charge on any atom is -0.393 e. The molecule has 0 bridgehead atoms. The molecule has 1 heteroatoms. The van der Waals surface area contributed by atoms with Crippen molar-refractivity contribution >= 4 is 0 Å². The molecule has 92 valence electrons. The normalized spacial score (nSPS) is 23.6. The zero-order chi connectivity index (χ0) is 11.7. The number of hydrogen-bond donors (Lipinski definition) is 1. The van der Waals surface area contributed by atoms with Crippen LogP contribution in [0.25, 0.3) is 0 Å². The highest BCUT2D eigenvalue weighted by Gasteiger charge is 2.32. The van der Waals surface area contributed by atoms with Gasteiger partial charge in [-0.05, 0) is 48.6 Å². The molecule has 0 radical (unpaired) electrons. The molecule has 1 saturated carbocycles. The molecule has 2 aliphatic carbocycles. The van der Waals surface area contributed by atoms with Crippen LogP contribution in [0.15, 0.2) is 24.3 Å². The van der Waals surface area contributed by atoms with E-state index in [9.17, 15) is 5.11 Å². The summed E-state index contributed by atoms with van der Waals surface area (Å²) in [7, 11) is 0. The van der Waals surface area contributed by atoms with E-state index < -0.39 is 0 Å². The lowest BCUT2D eigenvalue weighted by Crippen LogP contribution is -2.31. The van der Waals surface area contributed by atoms with Crippen molar-refractivity contribution in [2.24, 2.45) is 11.8 Å². The van der Waals surface area contributed by atoms with Gasteiger partial charge in [0, 0.05) is 0 Å². The molecule has 17 heavy (non-hydrogen) atoms. The van der Waals surface area contributed by atoms with E-state index in [1.54, 1.807) is 0 Å². The van der Waals surface area contributed by atoms with Gasteiger partial charge in [0.1, 0.15) is 0 Å². The van der Waals surface area contributed by atoms with Crippen LogP contribution < -0.4 is 0 Å². The molecular formula is C16H22O. The number of rotatable bonds is 2. The van der Waals surface area contributed by atoms with E-state index in [2.05, 4.69) is 24.3 Å². The monoisotopic (exact) mass is 230 g/mol. The molecule has 1 N–H and O–H groups in total. The molecule has 1 fully saturated rings. The molecule has 1 aromatic rings. The van der Waals surface area contributed by atoms with Gasteiger partial charge in [-0.1, -0.05) is 43.5 Å². The first-order valence-corrected chi connectivity index (χ1v) is 7.09. The third kappa shape index (κ3) is 2.26. The summed E-state index contributed by atoms with van der Waals surface area (Å²) in [5, 5.41) is 10.5. The van der Waals surface area contributed by atoms with E-state index in [4.69, 9.17) is 0 Å². The Balaban J connectivity index is 1.67. The molecule has 0 spiro atoms. The molecule has 3 rings (SSSR count). The van der Waals surface area contributed by atoms with Gasteiger partial charge in [0.2, 0.25) is 0 Å². The Hall–Kier alpha value is -0.820. The Bertz CT molecular complexity index is 354. The lowest BCUT2D eigenvalue weighted by Gasteiger charge is -2.30. The van der Waals surface area contributed by atoms with E-state index in [0.717, 1.165) is 12.8 Å². The summed E-state index contributed by atoms with van der Waals surface area (Å²) in [5.74, 6) is 1.05. The van der Waals surface area contributed by atoms with Gasteiger partial charge in [0.25, 0.3) is 0 Å². The molecule has 1 nitrogen and oxygen atoms in total. The first-order valence-electron chi connectivity index (χ1n) is 7.09. The predicted molar refractivity (Wildman–Crippen MR) is 69.9 cm³/mol. The fourth-order valence-corrected chi connectivity index (χ4v) is 3.69. The number of aliphatic hydroxyl groups is 1. The van der Waals surface area contributed by atoms with Crippen molar-refractivity contribution in [1.82, 2.24) is 0 Å². The van der Waals surface area contributed by atoms with Crippen LogP contribution in [-0.4, -0.2) is 11.2 Å². The van der Waals surface area contributed by atoms with Gasteiger partial charge >= 0.3 is 0 Å². The minimum atomic E-state index is -0.0669. The molecule has 1 unspecified atom stereocenters. The zero-order valence-corrected chi connectivity index (χ0v) is 10.4. The van der Waals surface area contributed by atoms with Crippen LogP contribution in [0, 0.1) is 11.8 Å². The molecule has 0 aromatic heterocycles. The second-order valence-corrected chi connectivity index (χ2v) is 5.83. The van der Waals surface area contributed by atoms with Gasteiger partial charge in [-0.3, -0.25) is 0 Å². The molecule has 0 aliphatic heterocycles. The number of aliphatic hydroxyl groups excluding tert-OH is 1. The number of benzene rings is 1. The topological polar surface area (TPSA) is 20.2 Å². The van der Waals surface area contributed by atoms with Crippen molar-refractivity contribution in [3.63, 3.8) is 0 Å². The van der Waals surface area contributed by atoms with Gasteiger partial charge in [-0.15, -0.1) is 0 Å². The maximum absolute atomic E-state index is 10.5. The summed E-state index contributed by atoms with van der Waals surface area (Å²) < 4.78 is 0. The third-order valence-corrected chi connectivity index (χ3v) is 4.70. The second kappa shape index (κ2) is 4.81. The molecule has 0 heterocycles. The lowest BCUT2D eigenvalue weighted by molar-refractivity contribution is 0.0368. The van der Waals surface area contributed by atoms with Crippen molar-refractivity contribution in [1.29, 1.82) is 0 Å². The van der Waals surface area contributed by atoms with Gasteiger partial charge in [0.15, 0.2) is 0 Å². The first-order chi connectivity index (χ1) is 8.34. The van der Waals surface area contributed by atoms with E-state index >= 15 is 0 Å². The highest BCUT2D eigenvalue weighted by Crippen LogP contribution is 2.35. The maximum Gasteiger partial charge on any atom is 0.0602 e. The summed E-state index contributed by atoms with van der Waals surface area (Å²) in [4.78, 5) is 0. The molecule has 1 atom stereocenters. The standard InChI is InChI=1S/C16H22O/c17-16(12-6-2-1-3-7-12)15-10-13-8-4-5-9-14(13)11-15/h4-5,8-9,12,15-17H,1-3,6-7,10-11H2. The van der Waals surface area contributed by atoms with Gasteiger partial charge in [-0.25, -0.2) is 0 Å². The van der Waals surface area contributed by atoms with Crippen LogP contribution >= 0.6 is 0 Å². The summed E-state index contributed by atoms with van der Waals surface area (Å²) >= 11 is 0. The van der Waals surface area contributed by atoms with Crippen LogP contribution in [0.4, 0.5) is 0 Å². The van der Waals surface area contributed by atoms with Crippen molar-refractivity contribution < 1.29 is 5.11 Å². The lowest BCUT2D eigenvalue weighted by atomic mass is 9.79. The number of hydrogen-bond acceptors (Lipinski definition) is 1. The minimum absolute atomic E-state index is 0.0669. The Morgan fingerprint density at radius 1 is 0.882 bits per heavy atom. The fraction of sp³-hybridized carbons (Fsp3) is 0.625.